The molecule has 3 aliphatic rings. The molecule has 0 saturated heterocycles. The van der Waals surface area contributed by atoms with Crippen molar-refractivity contribution in [3.05, 3.63) is 24.0 Å². The summed E-state index contributed by atoms with van der Waals surface area (Å²) in [4.78, 5) is 11.0. The molecule has 74 valence electrons. The van der Waals surface area contributed by atoms with Crippen LogP contribution in [0.25, 0.3) is 0 Å². The van der Waals surface area contributed by atoms with Crippen LogP contribution in [-0.2, 0) is 9.53 Å². The maximum atomic E-state index is 11.0. The fourth-order valence-electron chi connectivity index (χ4n) is 3.46. The number of carbonyl (C=O) groups is 1. The van der Waals surface area contributed by atoms with E-state index in [-0.39, 0.29) is 11.0 Å². The molecule has 14 heavy (non-hydrogen) atoms. The summed E-state index contributed by atoms with van der Waals surface area (Å²) in [5.41, 5.74) is 0.862. The van der Waals surface area contributed by atoms with Crippen molar-refractivity contribution in [1.29, 1.82) is 0 Å². The molecule has 2 atom stereocenters. The Kier molecular flexibility index (Phi) is 1.48. The van der Waals surface area contributed by atoms with Gasteiger partial charge in [0.2, 0.25) is 0 Å². The summed E-state index contributed by atoms with van der Waals surface area (Å²) in [6.07, 6.45) is 12.5. The molecule has 0 bridgehead atoms. The van der Waals surface area contributed by atoms with Crippen molar-refractivity contribution in [2.45, 2.75) is 37.7 Å². The van der Waals surface area contributed by atoms with E-state index in [4.69, 9.17) is 4.74 Å². The Bertz CT molecular complexity index is 342. The lowest BCUT2D eigenvalue weighted by Crippen LogP contribution is -2.43. The van der Waals surface area contributed by atoms with Crippen LogP contribution >= 0.6 is 0 Å². The fraction of sp³-hybridized carbons (Fsp3) is 0.583. The molecule has 0 amide bonds. The number of allylic oxidation sites excluding steroid dienone is 1. The van der Waals surface area contributed by atoms with E-state index < -0.39 is 0 Å². The molecule has 1 aliphatic heterocycles. The van der Waals surface area contributed by atoms with Crippen molar-refractivity contribution in [3.63, 3.8) is 0 Å². The average Bonchev–Trinajstić information content (AvgIpc) is 2.71. The van der Waals surface area contributed by atoms with Crippen LogP contribution < -0.4 is 0 Å². The highest BCUT2D eigenvalue weighted by Crippen LogP contribution is 2.61. The Morgan fingerprint density at radius 1 is 1.29 bits per heavy atom. The number of hydrogen-bond acceptors (Lipinski definition) is 2. The van der Waals surface area contributed by atoms with E-state index >= 15 is 0 Å². The molecule has 0 aromatic carbocycles. The molecule has 0 aromatic heterocycles. The number of rotatable bonds is 1. The molecule has 1 heterocycles. The van der Waals surface area contributed by atoms with Crippen molar-refractivity contribution in [2.75, 3.05) is 0 Å². The van der Waals surface area contributed by atoms with Crippen LogP contribution in [0.15, 0.2) is 24.0 Å². The van der Waals surface area contributed by atoms with Crippen LogP contribution in [0.1, 0.15) is 32.1 Å². The first kappa shape index (κ1) is 8.27. The molecular weight excluding hydrogens is 176 g/mol. The Balaban J connectivity index is 2.12. The van der Waals surface area contributed by atoms with Crippen LogP contribution in [0.5, 0.6) is 0 Å². The van der Waals surface area contributed by atoms with E-state index in [1.165, 1.54) is 6.42 Å². The summed E-state index contributed by atoms with van der Waals surface area (Å²) in [6.45, 7) is 0. The fourth-order valence-corrected chi connectivity index (χ4v) is 3.46. The van der Waals surface area contributed by atoms with Crippen LogP contribution in [-0.4, -0.2) is 11.9 Å². The van der Waals surface area contributed by atoms with Crippen LogP contribution in [0.4, 0.5) is 0 Å². The molecular formula is C12H14O2. The third-order valence-electron chi connectivity index (χ3n) is 4.23. The Hall–Kier alpha value is -1.05. The molecule has 2 unspecified atom stereocenters. The highest BCUT2D eigenvalue weighted by molar-refractivity contribution is 5.77. The Labute approximate surface area is 83.6 Å². The van der Waals surface area contributed by atoms with Gasteiger partial charge in [-0.2, -0.15) is 0 Å². The lowest BCUT2D eigenvalue weighted by Gasteiger charge is -2.41. The third-order valence-corrected chi connectivity index (χ3v) is 4.23. The molecule has 1 fully saturated rings. The van der Waals surface area contributed by atoms with Gasteiger partial charge in [-0.3, -0.25) is 4.79 Å². The van der Waals surface area contributed by atoms with Gasteiger partial charge in [-0.25, -0.2) is 0 Å². The van der Waals surface area contributed by atoms with Gasteiger partial charge < -0.3 is 4.74 Å². The second-order valence-corrected chi connectivity index (χ2v) is 4.62. The quantitative estimate of drug-likeness (QED) is 0.468. The van der Waals surface area contributed by atoms with Gasteiger partial charge in [0.05, 0.1) is 6.26 Å². The number of aldehydes is 1. The first-order valence-corrected chi connectivity index (χ1v) is 5.32. The van der Waals surface area contributed by atoms with Crippen molar-refractivity contribution in [2.24, 2.45) is 5.41 Å². The van der Waals surface area contributed by atoms with Gasteiger partial charge in [-0.15, -0.1) is 0 Å². The topological polar surface area (TPSA) is 26.3 Å². The molecule has 0 spiro atoms. The average molecular weight is 190 g/mol. The van der Waals surface area contributed by atoms with Gasteiger partial charge in [0.25, 0.3) is 0 Å². The molecule has 0 radical (unpaired) electrons. The largest absolute Gasteiger partial charge is 0.493 e. The maximum Gasteiger partial charge on any atom is 0.149 e. The van der Waals surface area contributed by atoms with Gasteiger partial charge in [-0.05, 0) is 25.7 Å². The molecule has 1 saturated carbocycles. The monoisotopic (exact) mass is 190 g/mol. The van der Waals surface area contributed by atoms with E-state index in [1.807, 2.05) is 0 Å². The SMILES string of the molecule is O=CC1=COC23CC=CCC12CCC3. The molecule has 2 nitrogen and oxygen atoms in total. The predicted molar refractivity (Wildman–Crippen MR) is 52.6 cm³/mol. The van der Waals surface area contributed by atoms with Crippen LogP contribution in [0.3, 0.4) is 0 Å². The van der Waals surface area contributed by atoms with Gasteiger partial charge in [0.1, 0.15) is 11.9 Å². The van der Waals surface area contributed by atoms with Gasteiger partial charge in [-0.1, -0.05) is 12.2 Å². The van der Waals surface area contributed by atoms with Gasteiger partial charge in [0, 0.05) is 17.4 Å². The lowest BCUT2D eigenvalue weighted by atomic mass is 9.65. The minimum absolute atomic E-state index is 0.0313. The van der Waals surface area contributed by atoms with Crippen LogP contribution in [0, 0.1) is 5.41 Å². The Morgan fingerprint density at radius 3 is 3.00 bits per heavy atom. The van der Waals surface area contributed by atoms with Crippen molar-refractivity contribution >= 4 is 6.29 Å². The first-order valence-electron chi connectivity index (χ1n) is 5.32. The smallest absolute Gasteiger partial charge is 0.149 e. The predicted octanol–water partition coefficient (Wildman–Crippen LogP) is 2.36. The zero-order valence-corrected chi connectivity index (χ0v) is 8.16. The second-order valence-electron chi connectivity index (χ2n) is 4.62. The normalized spacial score (nSPS) is 43.9. The van der Waals surface area contributed by atoms with E-state index in [0.717, 1.165) is 37.5 Å². The summed E-state index contributed by atoms with van der Waals surface area (Å²) in [5, 5.41) is 0. The number of ether oxygens (including phenoxy) is 1. The molecule has 3 rings (SSSR count). The number of carbonyl (C=O) groups excluding carboxylic acids is 1. The minimum Gasteiger partial charge on any atom is -0.493 e. The van der Waals surface area contributed by atoms with Gasteiger partial charge in [0.15, 0.2) is 0 Å². The summed E-state index contributed by atoms with van der Waals surface area (Å²) < 4.78 is 5.82. The van der Waals surface area contributed by atoms with E-state index in [2.05, 4.69) is 12.2 Å². The first-order chi connectivity index (χ1) is 6.83. The summed E-state index contributed by atoms with van der Waals surface area (Å²) in [5.74, 6) is 0. The standard InChI is InChI=1S/C12H14O2/c13-8-10-9-14-12-6-2-1-4-11(10,12)5-3-7-12/h1-2,8-9H,3-7H2. The molecule has 0 N–H and O–H groups in total. The third kappa shape index (κ3) is 0.715. The second kappa shape index (κ2) is 2.50. The zero-order chi connectivity index (χ0) is 9.65. The zero-order valence-electron chi connectivity index (χ0n) is 8.16. The van der Waals surface area contributed by atoms with E-state index in [1.54, 1.807) is 6.26 Å². The van der Waals surface area contributed by atoms with Gasteiger partial charge >= 0.3 is 0 Å². The summed E-state index contributed by atoms with van der Waals surface area (Å²) >= 11 is 0. The maximum absolute atomic E-state index is 11.0. The van der Waals surface area contributed by atoms with E-state index in [0.29, 0.717) is 0 Å². The minimum atomic E-state index is -0.0575. The highest BCUT2D eigenvalue weighted by atomic mass is 16.5. The Morgan fingerprint density at radius 2 is 2.14 bits per heavy atom. The van der Waals surface area contributed by atoms with Crippen molar-refractivity contribution < 1.29 is 9.53 Å². The molecule has 2 heteroatoms. The summed E-state index contributed by atoms with van der Waals surface area (Å²) in [6, 6.07) is 0. The van der Waals surface area contributed by atoms with Crippen molar-refractivity contribution in [3.8, 4) is 0 Å². The summed E-state index contributed by atoms with van der Waals surface area (Å²) in [7, 11) is 0. The lowest BCUT2D eigenvalue weighted by molar-refractivity contribution is -0.106. The molecule has 0 aromatic rings. The highest BCUT2D eigenvalue weighted by Gasteiger charge is 2.61. The van der Waals surface area contributed by atoms with E-state index in [9.17, 15) is 4.79 Å². The van der Waals surface area contributed by atoms with Crippen LogP contribution in [0.2, 0.25) is 0 Å². The molecule has 2 aliphatic carbocycles. The number of hydrogen-bond donors (Lipinski definition) is 0. The van der Waals surface area contributed by atoms with Crippen molar-refractivity contribution in [1.82, 2.24) is 0 Å².